The van der Waals surface area contributed by atoms with Crippen molar-refractivity contribution in [2.24, 2.45) is 0 Å². The zero-order valence-electron chi connectivity index (χ0n) is 10.5. The number of nitrogens with zero attached hydrogens (tertiary/aromatic N) is 1. The summed E-state index contributed by atoms with van der Waals surface area (Å²) < 4.78 is 13.3. The van der Waals surface area contributed by atoms with Crippen molar-refractivity contribution in [2.45, 2.75) is 25.3 Å². The summed E-state index contributed by atoms with van der Waals surface area (Å²) in [6, 6.07) is 5.08. The van der Waals surface area contributed by atoms with Gasteiger partial charge in [0.1, 0.15) is 10.8 Å². The Morgan fingerprint density at radius 1 is 1.44 bits per heavy atom. The predicted molar refractivity (Wildman–Crippen MR) is 71.4 cm³/mol. The van der Waals surface area contributed by atoms with Crippen LogP contribution in [0.25, 0.3) is 0 Å². The molecule has 94 valence electrons. The van der Waals surface area contributed by atoms with Gasteiger partial charge in [0.05, 0.1) is 5.54 Å². The number of aromatic nitrogens is 1. The van der Waals surface area contributed by atoms with Crippen LogP contribution in [0.4, 0.5) is 4.39 Å². The number of hydrogen-bond acceptors (Lipinski definition) is 3. The van der Waals surface area contributed by atoms with Crippen molar-refractivity contribution in [3.8, 4) is 0 Å². The minimum atomic E-state index is -0.234. The molecule has 1 aliphatic rings. The molecule has 0 amide bonds. The van der Waals surface area contributed by atoms with Gasteiger partial charge in [-0.1, -0.05) is 6.07 Å². The zero-order valence-corrected chi connectivity index (χ0v) is 11.3. The molecule has 1 aromatic carbocycles. The largest absolute Gasteiger partial charge is 0.305 e. The van der Waals surface area contributed by atoms with Crippen LogP contribution in [0.5, 0.6) is 0 Å². The van der Waals surface area contributed by atoms with Gasteiger partial charge in [0, 0.05) is 11.1 Å². The highest BCUT2D eigenvalue weighted by atomic mass is 32.1. The maximum atomic E-state index is 13.3. The Balaban J connectivity index is 2.16. The van der Waals surface area contributed by atoms with E-state index in [1.54, 1.807) is 17.4 Å². The van der Waals surface area contributed by atoms with E-state index in [2.05, 4.69) is 15.7 Å². The van der Waals surface area contributed by atoms with Gasteiger partial charge in [-0.05, 0) is 50.1 Å². The van der Waals surface area contributed by atoms with Crippen LogP contribution in [0.15, 0.2) is 23.6 Å². The van der Waals surface area contributed by atoms with Crippen molar-refractivity contribution in [2.75, 3.05) is 7.05 Å². The van der Waals surface area contributed by atoms with Crippen LogP contribution in [-0.2, 0) is 12.0 Å². The summed E-state index contributed by atoms with van der Waals surface area (Å²) in [5, 5.41) is 6.55. The third-order valence-corrected chi connectivity index (χ3v) is 4.83. The first-order valence-electron chi connectivity index (χ1n) is 6.06. The first-order valence-corrected chi connectivity index (χ1v) is 6.94. The molecule has 4 heteroatoms. The second kappa shape index (κ2) is 4.14. The van der Waals surface area contributed by atoms with E-state index < -0.39 is 0 Å². The fraction of sp³-hybridized carbons (Fsp3) is 0.357. The summed E-state index contributed by atoms with van der Waals surface area (Å²) in [5.41, 5.74) is 3.07. The van der Waals surface area contributed by atoms with Gasteiger partial charge in [-0.3, -0.25) is 0 Å². The van der Waals surface area contributed by atoms with Crippen LogP contribution in [-0.4, -0.2) is 12.0 Å². The predicted octanol–water partition coefficient (Wildman–Crippen LogP) is 3.00. The number of rotatable bonds is 2. The van der Waals surface area contributed by atoms with E-state index >= 15 is 0 Å². The first kappa shape index (κ1) is 11.8. The standard InChI is InChI=1S/C14H15FN2S/c1-9-8-18-13(17-9)14(16-2)6-5-10-7-11(15)3-4-12(10)14/h3-4,7-8,16H,5-6H2,1-2H3. The number of benzene rings is 1. The van der Waals surface area contributed by atoms with Crippen molar-refractivity contribution in [3.63, 3.8) is 0 Å². The van der Waals surface area contributed by atoms with Crippen molar-refractivity contribution < 1.29 is 4.39 Å². The Bertz CT molecular complexity index is 593. The Morgan fingerprint density at radius 2 is 2.28 bits per heavy atom. The van der Waals surface area contributed by atoms with E-state index in [9.17, 15) is 4.39 Å². The third kappa shape index (κ3) is 1.60. The highest BCUT2D eigenvalue weighted by Gasteiger charge is 2.41. The van der Waals surface area contributed by atoms with Crippen LogP contribution in [0.2, 0.25) is 0 Å². The molecule has 0 bridgehead atoms. The highest BCUT2D eigenvalue weighted by Crippen LogP contribution is 2.42. The molecule has 1 aromatic heterocycles. The van der Waals surface area contributed by atoms with Crippen molar-refractivity contribution in [3.05, 3.63) is 51.2 Å². The second-order valence-corrected chi connectivity index (χ2v) is 5.61. The molecular weight excluding hydrogens is 247 g/mol. The molecule has 0 radical (unpaired) electrons. The number of hydrogen-bond donors (Lipinski definition) is 1. The molecule has 0 spiro atoms. The molecule has 1 aliphatic carbocycles. The monoisotopic (exact) mass is 262 g/mol. The van der Waals surface area contributed by atoms with Gasteiger partial charge in [0.25, 0.3) is 0 Å². The minimum absolute atomic E-state index is 0.157. The van der Waals surface area contributed by atoms with E-state index in [-0.39, 0.29) is 11.4 Å². The summed E-state index contributed by atoms with van der Waals surface area (Å²) in [5.74, 6) is -0.157. The van der Waals surface area contributed by atoms with Gasteiger partial charge in [-0.2, -0.15) is 0 Å². The summed E-state index contributed by atoms with van der Waals surface area (Å²) in [6.07, 6.45) is 1.84. The van der Waals surface area contributed by atoms with E-state index in [0.29, 0.717) is 0 Å². The average Bonchev–Trinajstić information content (AvgIpc) is 2.93. The second-order valence-electron chi connectivity index (χ2n) is 4.75. The third-order valence-electron chi connectivity index (χ3n) is 3.71. The molecule has 1 unspecified atom stereocenters. The van der Waals surface area contributed by atoms with Crippen LogP contribution in [0, 0.1) is 12.7 Å². The van der Waals surface area contributed by atoms with Gasteiger partial charge in [0.2, 0.25) is 0 Å². The summed E-state index contributed by atoms with van der Waals surface area (Å²) >= 11 is 1.67. The molecule has 3 rings (SSSR count). The van der Waals surface area contributed by atoms with Crippen molar-refractivity contribution in [1.29, 1.82) is 0 Å². The van der Waals surface area contributed by atoms with Crippen molar-refractivity contribution >= 4 is 11.3 Å². The van der Waals surface area contributed by atoms with E-state index in [0.717, 1.165) is 29.1 Å². The fourth-order valence-corrected chi connectivity index (χ4v) is 3.83. The fourth-order valence-electron chi connectivity index (χ4n) is 2.78. The molecular formula is C14H15FN2S. The lowest BCUT2D eigenvalue weighted by atomic mass is 9.92. The van der Waals surface area contributed by atoms with Gasteiger partial charge in [0.15, 0.2) is 0 Å². The number of nitrogens with one attached hydrogen (secondary N) is 1. The molecule has 0 saturated carbocycles. The summed E-state index contributed by atoms with van der Waals surface area (Å²) in [4.78, 5) is 4.62. The van der Waals surface area contributed by atoms with Crippen LogP contribution in [0.1, 0.15) is 28.2 Å². The lowest BCUT2D eigenvalue weighted by Gasteiger charge is -2.27. The van der Waals surface area contributed by atoms with E-state index in [1.807, 2.05) is 20.0 Å². The number of fused-ring (bicyclic) bond motifs is 1. The summed E-state index contributed by atoms with van der Waals surface area (Å²) in [6.45, 7) is 2.00. The molecule has 2 nitrogen and oxygen atoms in total. The maximum Gasteiger partial charge on any atom is 0.123 e. The van der Waals surface area contributed by atoms with Crippen molar-refractivity contribution in [1.82, 2.24) is 10.3 Å². The highest BCUT2D eigenvalue weighted by molar-refractivity contribution is 7.09. The topological polar surface area (TPSA) is 24.9 Å². The SMILES string of the molecule is CNC1(c2nc(C)cs2)CCc2cc(F)ccc21. The van der Waals surface area contributed by atoms with Gasteiger partial charge in [-0.15, -0.1) is 11.3 Å². The van der Waals surface area contributed by atoms with E-state index in [1.165, 1.54) is 11.6 Å². The quantitative estimate of drug-likeness (QED) is 0.900. The lowest BCUT2D eigenvalue weighted by Crippen LogP contribution is -2.38. The van der Waals surface area contributed by atoms with Gasteiger partial charge < -0.3 is 5.32 Å². The van der Waals surface area contributed by atoms with Gasteiger partial charge >= 0.3 is 0 Å². The molecule has 0 aliphatic heterocycles. The molecule has 0 fully saturated rings. The minimum Gasteiger partial charge on any atom is -0.305 e. The zero-order chi connectivity index (χ0) is 12.8. The molecule has 18 heavy (non-hydrogen) atoms. The Labute approximate surface area is 110 Å². The number of halogens is 1. The molecule has 1 atom stereocenters. The van der Waals surface area contributed by atoms with E-state index in [4.69, 9.17) is 0 Å². The van der Waals surface area contributed by atoms with Crippen LogP contribution >= 0.6 is 11.3 Å². The maximum absolute atomic E-state index is 13.3. The molecule has 1 N–H and O–H groups in total. The smallest absolute Gasteiger partial charge is 0.123 e. The molecule has 0 saturated heterocycles. The lowest BCUT2D eigenvalue weighted by molar-refractivity contribution is 0.433. The molecule has 1 heterocycles. The Morgan fingerprint density at radius 3 is 2.94 bits per heavy atom. The number of aryl methyl sites for hydroxylation is 2. The van der Waals surface area contributed by atoms with Crippen LogP contribution < -0.4 is 5.32 Å². The summed E-state index contributed by atoms with van der Waals surface area (Å²) in [7, 11) is 1.95. The molecule has 2 aromatic rings. The Hall–Kier alpha value is -1.26. The number of thiazole rings is 1. The normalized spacial score (nSPS) is 22.2. The average molecular weight is 262 g/mol. The first-order chi connectivity index (χ1) is 8.65. The Kier molecular flexibility index (Phi) is 2.72. The van der Waals surface area contributed by atoms with Crippen LogP contribution in [0.3, 0.4) is 0 Å². The van der Waals surface area contributed by atoms with Gasteiger partial charge in [-0.25, -0.2) is 9.37 Å².